The molecule has 0 amide bonds. The third-order valence-corrected chi connectivity index (χ3v) is 6.25. The molecule has 3 aromatic rings. The maximum Gasteiger partial charge on any atom is 0.306 e. The lowest BCUT2D eigenvalue weighted by molar-refractivity contribution is -0.142. The lowest BCUT2D eigenvalue weighted by Gasteiger charge is -2.25. The first-order chi connectivity index (χ1) is 15.1. The van der Waals surface area contributed by atoms with Crippen LogP contribution in [0.1, 0.15) is 43.0 Å². The average molecular weight is 440 g/mol. The summed E-state index contributed by atoms with van der Waals surface area (Å²) in [5.41, 5.74) is 1.87. The summed E-state index contributed by atoms with van der Waals surface area (Å²) in [4.78, 5) is 20.9. The van der Waals surface area contributed by atoms with E-state index in [0.717, 1.165) is 52.4 Å². The molecule has 1 aliphatic heterocycles. The van der Waals surface area contributed by atoms with Crippen LogP contribution in [0.15, 0.2) is 36.4 Å². The number of rotatable bonds is 5. The highest BCUT2D eigenvalue weighted by Crippen LogP contribution is 2.37. The van der Waals surface area contributed by atoms with E-state index in [1.807, 2.05) is 36.4 Å². The van der Waals surface area contributed by atoms with Gasteiger partial charge >= 0.3 is 5.97 Å². The van der Waals surface area contributed by atoms with Crippen molar-refractivity contribution in [3.63, 3.8) is 0 Å². The summed E-state index contributed by atoms with van der Waals surface area (Å²) < 4.78 is 10.8. The average Bonchev–Trinajstić information content (AvgIpc) is 3.25. The van der Waals surface area contributed by atoms with E-state index in [1.165, 1.54) is 0 Å². The number of carbonyl (C=O) groups is 1. The number of anilines is 1. The molecular weight excluding hydrogens is 418 g/mol. The summed E-state index contributed by atoms with van der Waals surface area (Å²) in [6, 6.07) is 11.4. The van der Waals surface area contributed by atoms with Crippen molar-refractivity contribution in [2.24, 2.45) is 5.92 Å². The van der Waals surface area contributed by atoms with Crippen LogP contribution in [0.3, 0.4) is 0 Å². The third kappa shape index (κ3) is 4.10. The first-order valence-corrected chi connectivity index (χ1v) is 10.8. The molecule has 0 saturated heterocycles. The van der Waals surface area contributed by atoms with Crippen LogP contribution in [-0.4, -0.2) is 27.8 Å². The van der Waals surface area contributed by atoms with Crippen molar-refractivity contribution < 1.29 is 19.4 Å². The Morgan fingerprint density at radius 1 is 1.06 bits per heavy atom. The molecule has 160 valence electrons. The third-order valence-electron chi connectivity index (χ3n) is 6.01. The molecule has 0 radical (unpaired) electrons. The van der Waals surface area contributed by atoms with Gasteiger partial charge in [0.2, 0.25) is 6.79 Å². The van der Waals surface area contributed by atoms with Crippen molar-refractivity contribution in [3.05, 3.63) is 52.8 Å². The van der Waals surface area contributed by atoms with Gasteiger partial charge in [0.1, 0.15) is 11.6 Å². The SMILES string of the molecule is O=C(O)[C@H]1CC[C@H](c2nc(NCc3ccc4c(c3)OCO4)c3cc(Cl)ccc3n2)CC1. The summed E-state index contributed by atoms with van der Waals surface area (Å²) in [5, 5.41) is 14.2. The van der Waals surface area contributed by atoms with Crippen LogP contribution in [0.2, 0.25) is 5.02 Å². The molecule has 31 heavy (non-hydrogen) atoms. The van der Waals surface area contributed by atoms with E-state index >= 15 is 0 Å². The largest absolute Gasteiger partial charge is 0.481 e. The minimum Gasteiger partial charge on any atom is -0.481 e. The van der Waals surface area contributed by atoms with Gasteiger partial charge in [-0.3, -0.25) is 4.79 Å². The van der Waals surface area contributed by atoms with Crippen LogP contribution in [0.4, 0.5) is 5.82 Å². The molecule has 1 aromatic heterocycles. The number of fused-ring (bicyclic) bond motifs is 2. The van der Waals surface area contributed by atoms with Crippen molar-refractivity contribution in [1.82, 2.24) is 9.97 Å². The van der Waals surface area contributed by atoms with Crippen molar-refractivity contribution >= 4 is 34.3 Å². The van der Waals surface area contributed by atoms with Crippen molar-refractivity contribution in [3.8, 4) is 11.5 Å². The number of aliphatic carboxylic acids is 1. The number of hydrogen-bond donors (Lipinski definition) is 2. The fourth-order valence-corrected chi connectivity index (χ4v) is 4.44. The van der Waals surface area contributed by atoms with Crippen LogP contribution in [0, 0.1) is 5.92 Å². The molecule has 0 bridgehead atoms. The van der Waals surface area contributed by atoms with E-state index in [1.54, 1.807) is 0 Å². The maximum atomic E-state index is 11.3. The van der Waals surface area contributed by atoms with Gasteiger partial charge in [-0.2, -0.15) is 0 Å². The highest BCUT2D eigenvalue weighted by molar-refractivity contribution is 6.31. The predicted octanol–water partition coefficient (Wildman–Crippen LogP) is 4.98. The van der Waals surface area contributed by atoms with E-state index in [2.05, 4.69) is 5.32 Å². The number of carboxylic acids is 1. The Morgan fingerprint density at radius 2 is 1.87 bits per heavy atom. The van der Waals surface area contributed by atoms with Crippen molar-refractivity contribution in [1.29, 1.82) is 0 Å². The first kappa shape index (κ1) is 19.9. The number of ether oxygens (including phenoxy) is 2. The molecule has 2 aliphatic rings. The van der Waals surface area contributed by atoms with Crippen LogP contribution < -0.4 is 14.8 Å². The number of benzene rings is 2. The molecule has 1 saturated carbocycles. The van der Waals surface area contributed by atoms with Crippen LogP contribution in [0.25, 0.3) is 10.9 Å². The zero-order chi connectivity index (χ0) is 21.4. The van der Waals surface area contributed by atoms with Gasteiger partial charge < -0.3 is 19.9 Å². The Hall–Kier alpha value is -3.06. The molecule has 1 fully saturated rings. The maximum absolute atomic E-state index is 11.3. The van der Waals surface area contributed by atoms with Gasteiger partial charge in [-0.05, 0) is 61.6 Å². The van der Waals surface area contributed by atoms with E-state index in [0.29, 0.717) is 24.4 Å². The number of nitrogens with zero attached hydrogens (tertiary/aromatic N) is 2. The molecule has 5 rings (SSSR count). The molecule has 7 nitrogen and oxygen atoms in total. The normalized spacial score (nSPS) is 20.0. The lowest BCUT2D eigenvalue weighted by Crippen LogP contribution is -2.21. The van der Waals surface area contributed by atoms with Crippen molar-refractivity contribution in [2.75, 3.05) is 12.1 Å². The summed E-state index contributed by atoms with van der Waals surface area (Å²) in [5.74, 6) is 2.15. The topological polar surface area (TPSA) is 93.6 Å². The molecule has 1 aliphatic carbocycles. The van der Waals surface area contributed by atoms with Gasteiger partial charge in [-0.15, -0.1) is 0 Å². The van der Waals surface area contributed by atoms with Crippen molar-refractivity contribution in [2.45, 2.75) is 38.1 Å². The van der Waals surface area contributed by atoms with Crippen LogP contribution >= 0.6 is 11.6 Å². The van der Waals surface area contributed by atoms with E-state index in [9.17, 15) is 9.90 Å². The Morgan fingerprint density at radius 3 is 2.68 bits per heavy atom. The second-order valence-electron chi connectivity index (χ2n) is 8.02. The Labute approximate surface area is 184 Å². The zero-order valence-corrected chi connectivity index (χ0v) is 17.6. The second-order valence-corrected chi connectivity index (χ2v) is 8.46. The second kappa shape index (κ2) is 8.23. The van der Waals surface area contributed by atoms with E-state index in [-0.39, 0.29) is 18.6 Å². The lowest BCUT2D eigenvalue weighted by atomic mass is 9.81. The summed E-state index contributed by atoms with van der Waals surface area (Å²) in [6.07, 6.45) is 2.86. The first-order valence-electron chi connectivity index (χ1n) is 10.4. The van der Waals surface area contributed by atoms with E-state index < -0.39 is 5.97 Å². The minimum absolute atomic E-state index is 0.154. The number of carboxylic acid groups (broad SMARTS) is 1. The standard InChI is InChI=1S/C23H22ClN3O4/c24-16-6-7-18-17(10-16)22(25-11-13-1-8-19-20(9-13)31-12-30-19)27-21(26-18)14-2-4-15(5-3-14)23(28)29/h1,6-10,14-15H,2-5,11-12H2,(H,28,29)(H,25,26,27)/t14-,15-. The Bertz CT molecular complexity index is 1150. The highest BCUT2D eigenvalue weighted by Gasteiger charge is 2.28. The number of hydrogen-bond acceptors (Lipinski definition) is 6. The smallest absolute Gasteiger partial charge is 0.306 e. The number of nitrogens with one attached hydrogen (secondary N) is 1. The fraction of sp³-hybridized carbons (Fsp3) is 0.348. The monoisotopic (exact) mass is 439 g/mol. The zero-order valence-electron chi connectivity index (χ0n) is 16.8. The molecule has 0 atom stereocenters. The Balaban J connectivity index is 1.42. The molecule has 0 spiro atoms. The quantitative estimate of drug-likeness (QED) is 0.578. The van der Waals surface area contributed by atoms with Crippen LogP contribution in [0.5, 0.6) is 11.5 Å². The van der Waals surface area contributed by atoms with Gasteiger partial charge in [-0.25, -0.2) is 9.97 Å². The predicted molar refractivity (Wildman–Crippen MR) is 117 cm³/mol. The fourth-order valence-electron chi connectivity index (χ4n) is 4.27. The molecular formula is C23H22ClN3O4. The molecule has 0 unspecified atom stereocenters. The summed E-state index contributed by atoms with van der Waals surface area (Å²) >= 11 is 6.24. The van der Waals surface area contributed by atoms with E-state index in [4.69, 9.17) is 31.0 Å². The molecule has 8 heteroatoms. The Kier molecular flexibility index (Phi) is 5.28. The van der Waals surface area contributed by atoms with Gasteiger partial charge in [0.05, 0.1) is 11.4 Å². The molecule has 2 N–H and O–H groups in total. The summed E-state index contributed by atoms with van der Waals surface area (Å²) in [7, 11) is 0. The van der Waals surface area contributed by atoms with Gasteiger partial charge in [-0.1, -0.05) is 17.7 Å². The molecule has 2 aromatic carbocycles. The van der Waals surface area contributed by atoms with Gasteiger partial charge in [0, 0.05) is 22.9 Å². The van der Waals surface area contributed by atoms with Gasteiger partial charge in [0.15, 0.2) is 11.5 Å². The summed E-state index contributed by atoms with van der Waals surface area (Å²) in [6.45, 7) is 0.801. The van der Waals surface area contributed by atoms with Crippen LogP contribution in [-0.2, 0) is 11.3 Å². The van der Waals surface area contributed by atoms with Gasteiger partial charge in [0.25, 0.3) is 0 Å². The minimum atomic E-state index is -0.710. The highest BCUT2D eigenvalue weighted by atomic mass is 35.5. The molecule has 2 heterocycles. The number of halogens is 1. The number of aromatic nitrogens is 2.